The normalized spacial score (nSPS) is 11.2. The maximum Gasteiger partial charge on any atom is 0.240 e. The van der Waals surface area contributed by atoms with Crippen molar-refractivity contribution in [3.63, 3.8) is 0 Å². The first-order valence-corrected chi connectivity index (χ1v) is 6.33. The standard InChI is InChI=1S/C12H23N3O/c1-4-7-11-13-12(16-14-11)10-15(8-5-2)9-6-3/h4-10H2,1-3H3. The van der Waals surface area contributed by atoms with Crippen molar-refractivity contribution >= 4 is 0 Å². The van der Waals surface area contributed by atoms with Gasteiger partial charge in [0.2, 0.25) is 5.89 Å². The molecule has 0 saturated heterocycles. The Kier molecular flexibility index (Phi) is 6.08. The molecular formula is C12H23N3O. The van der Waals surface area contributed by atoms with Crippen LogP contribution >= 0.6 is 0 Å². The Morgan fingerprint density at radius 3 is 2.31 bits per heavy atom. The Balaban J connectivity index is 2.48. The van der Waals surface area contributed by atoms with E-state index in [-0.39, 0.29) is 0 Å². The quantitative estimate of drug-likeness (QED) is 0.682. The number of nitrogens with zero attached hydrogens (tertiary/aromatic N) is 3. The average Bonchev–Trinajstić information content (AvgIpc) is 2.67. The zero-order valence-corrected chi connectivity index (χ0v) is 10.7. The van der Waals surface area contributed by atoms with Crippen molar-refractivity contribution in [2.24, 2.45) is 0 Å². The third-order valence-corrected chi connectivity index (χ3v) is 2.42. The van der Waals surface area contributed by atoms with Gasteiger partial charge in [0, 0.05) is 6.42 Å². The summed E-state index contributed by atoms with van der Waals surface area (Å²) in [6.45, 7) is 9.49. The maximum atomic E-state index is 5.24. The first kappa shape index (κ1) is 13.2. The third-order valence-electron chi connectivity index (χ3n) is 2.42. The van der Waals surface area contributed by atoms with Crippen LogP contribution in [-0.2, 0) is 13.0 Å². The third kappa shape index (κ3) is 4.31. The van der Waals surface area contributed by atoms with Gasteiger partial charge in [0.15, 0.2) is 5.82 Å². The van der Waals surface area contributed by atoms with Crippen molar-refractivity contribution in [3.8, 4) is 0 Å². The minimum atomic E-state index is 0.755. The van der Waals surface area contributed by atoms with Gasteiger partial charge in [0.1, 0.15) is 0 Å². The summed E-state index contributed by atoms with van der Waals surface area (Å²) in [6.07, 6.45) is 4.30. The molecule has 0 atom stereocenters. The summed E-state index contributed by atoms with van der Waals surface area (Å²) in [5.74, 6) is 1.59. The highest BCUT2D eigenvalue weighted by atomic mass is 16.5. The van der Waals surface area contributed by atoms with Crippen molar-refractivity contribution in [1.29, 1.82) is 0 Å². The second-order valence-corrected chi connectivity index (χ2v) is 4.13. The Hall–Kier alpha value is -0.900. The summed E-state index contributed by atoms with van der Waals surface area (Å²) in [7, 11) is 0. The van der Waals surface area contributed by atoms with Crippen molar-refractivity contribution < 1.29 is 4.52 Å². The van der Waals surface area contributed by atoms with Gasteiger partial charge in [-0.25, -0.2) is 0 Å². The summed E-state index contributed by atoms with van der Waals surface area (Å²) in [6, 6.07) is 0. The van der Waals surface area contributed by atoms with E-state index in [1.807, 2.05) is 0 Å². The molecule has 16 heavy (non-hydrogen) atoms. The number of aryl methyl sites for hydroxylation is 1. The Bertz CT molecular complexity index is 280. The van der Waals surface area contributed by atoms with Gasteiger partial charge in [-0.15, -0.1) is 0 Å². The van der Waals surface area contributed by atoms with Crippen LogP contribution in [0, 0.1) is 0 Å². The van der Waals surface area contributed by atoms with E-state index in [0.717, 1.165) is 57.0 Å². The molecule has 0 aliphatic carbocycles. The van der Waals surface area contributed by atoms with Gasteiger partial charge in [0.05, 0.1) is 6.54 Å². The Morgan fingerprint density at radius 1 is 1.06 bits per heavy atom. The van der Waals surface area contributed by atoms with E-state index in [9.17, 15) is 0 Å². The average molecular weight is 225 g/mol. The molecule has 1 aromatic heterocycles. The Labute approximate surface area is 98.0 Å². The van der Waals surface area contributed by atoms with E-state index in [2.05, 4.69) is 35.8 Å². The molecule has 0 saturated carbocycles. The monoisotopic (exact) mass is 225 g/mol. The van der Waals surface area contributed by atoms with Crippen molar-refractivity contribution in [1.82, 2.24) is 15.0 Å². The van der Waals surface area contributed by atoms with E-state index in [1.165, 1.54) is 0 Å². The second kappa shape index (κ2) is 7.39. The van der Waals surface area contributed by atoms with Crippen LogP contribution in [0.1, 0.15) is 51.7 Å². The van der Waals surface area contributed by atoms with E-state index in [1.54, 1.807) is 0 Å². The zero-order valence-electron chi connectivity index (χ0n) is 10.7. The molecule has 1 aromatic rings. The van der Waals surface area contributed by atoms with Crippen LogP contribution in [0.5, 0.6) is 0 Å². The number of rotatable bonds is 8. The molecule has 0 aliphatic rings. The lowest BCUT2D eigenvalue weighted by Gasteiger charge is -2.18. The lowest BCUT2D eigenvalue weighted by molar-refractivity contribution is 0.226. The van der Waals surface area contributed by atoms with Crippen LogP contribution in [0.2, 0.25) is 0 Å². The second-order valence-electron chi connectivity index (χ2n) is 4.13. The van der Waals surface area contributed by atoms with Gasteiger partial charge in [-0.1, -0.05) is 25.9 Å². The summed E-state index contributed by atoms with van der Waals surface area (Å²) in [4.78, 5) is 6.75. The fraction of sp³-hybridized carbons (Fsp3) is 0.833. The van der Waals surface area contributed by atoms with Gasteiger partial charge in [-0.3, -0.25) is 4.90 Å². The molecule has 0 radical (unpaired) electrons. The fourth-order valence-electron chi connectivity index (χ4n) is 1.77. The molecule has 4 heteroatoms. The van der Waals surface area contributed by atoms with Crippen LogP contribution in [0.25, 0.3) is 0 Å². The van der Waals surface area contributed by atoms with Crippen molar-refractivity contribution in [2.45, 2.75) is 53.0 Å². The predicted octanol–water partition coefficient (Wildman–Crippen LogP) is 2.64. The molecule has 0 spiro atoms. The zero-order chi connectivity index (χ0) is 11.8. The lowest BCUT2D eigenvalue weighted by atomic mass is 10.3. The molecule has 0 aromatic carbocycles. The van der Waals surface area contributed by atoms with E-state index < -0.39 is 0 Å². The van der Waals surface area contributed by atoms with Crippen LogP contribution < -0.4 is 0 Å². The predicted molar refractivity (Wildman–Crippen MR) is 64.2 cm³/mol. The van der Waals surface area contributed by atoms with Crippen LogP contribution in [-0.4, -0.2) is 28.1 Å². The minimum Gasteiger partial charge on any atom is -0.338 e. The molecular weight excluding hydrogens is 202 g/mol. The number of hydrogen-bond acceptors (Lipinski definition) is 4. The van der Waals surface area contributed by atoms with Gasteiger partial charge >= 0.3 is 0 Å². The van der Waals surface area contributed by atoms with E-state index in [0.29, 0.717) is 0 Å². The molecule has 0 aliphatic heterocycles. The number of hydrogen-bond donors (Lipinski definition) is 0. The van der Waals surface area contributed by atoms with E-state index >= 15 is 0 Å². The van der Waals surface area contributed by atoms with Crippen molar-refractivity contribution in [2.75, 3.05) is 13.1 Å². The first-order chi connectivity index (χ1) is 7.80. The molecule has 1 heterocycles. The largest absolute Gasteiger partial charge is 0.338 e. The molecule has 0 amide bonds. The molecule has 1 rings (SSSR count). The number of aromatic nitrogens is 2. The highest BCUT2D eigenvalue weighted by Crippen LogP contribution is 2.05. The molecule has 0 fully saturated rings. The first-order valence-electron chi connectivity index (χ1n) is 6.33. The smallest absolute Gasteiger partial charge is 0.240 e. The van der Waals surface area contributed by atoms with Crippen molar-refractivity contribution in [3.05, 3.63) is 11.7 Å². The Morgan fingerprint density at radius 2 is 1.75 bits per heavy atom. The summed E-state index contributed by atoms with van der Waals surface area (Å²) in [5, 5.41) is 3.97. The topological polar surface area (TPSA) is 42.2 Å². The lowest BCUT2D eigenvalue weighted by Crippen LogP contribution is -2.25. The van der Waals surface area contributed by atoms with Crippen LogP contribution in [0.15, 0.2) is 4.52 Å². The SMILES string of the molecule is CCCc1noc(CN(CCC)CCC)n1. The minimum absolute atomic E-state index is 0.755. The van der Waals surface area contributed by atoms with Crippen LogP contribution in [0.3, 0.4) is 0 Å². The molecule has 0 bridgehead atoms. The highest BCUT2D eigenvalue weighted by molar-refractivity contribution is 4.86. The van der Waals surface area contributed by atoms with Gasteiger partial charge in [-0.05, 0) is 32.4 Å². The fourth-order valence-corrected chi connectivity index (χ4v) is 1.77. The summed E-state index contributed by atoms with van der Waals surface area (Å²) >= 11 is 0. The molecule has 0 unspecified atom stereocenters. The molecule has 4 nitrogen and oxygen atoms in total. The maximum absolute atomic E-state index is 5.24. The highest BCUT2D eigenvalue weighted by Gasteiger charge is 2.10. The van der Waals surface area contributed by atoms with Gasteiger partial charge < -0.3 is 4.52 Å². The summed E-state index contributed by atoms with van der Waals surface area (Å²) < 4.78 is 5.24. The molecule has 0 N–H and O–H groups in total. The summed E-state index contributed by atoms with van der Waals surface area (Å²) in [5.41, 5.74) is 0. The van der Waals surface area contributed by atoms with Gasteiger partial charge in [-0.2, -0.15) is 4.98 Å². The molecule has 92 valence electrons. The van der Waals surface area contributed by atoms with E-state index in [4.69, 9.17) is 4.52 Å². The van der Waals surface area contributed by atoms with Gasteiger partial charge in [0.25, 0.3) is 0 Å². The van der Waals surface area contributed by atoms with Crippen LogP contribution in [0.4, 0.5) is 0 Å².